The predicted octanol–water partition coefficient (Wildman–Crippen LogP) is 2.10. The summed E-state index contributed by atoms with van der Waals surface area (Å²) in [7, 11) is 0. The van der Waals surface area contributed by atoms with E-state index >= 15 is 0 Å². The molecular weight excluding hydrogens is 256 g/mol. The van der Waals surface area contributed by atoms with E-state index in [1.165, 1.54) is 0 Å². The van der Waals surface area contributed by atoms with Crippen molar-refractivity contribution in [2.75, 3.05) is 18.1 Å². The van der Waals surface area contributed by atoms with Gasteiger partial charge < -0.3 is 5.11 Å². The molecule has 2 heterocycles. The van der Waals surface area contributed by atoms with Gasteiger partial charge in [-0.2, -0.15) is 11.8 Å². The number of rotatable bonds is 4. The highest BCUT2D eigenvalue weighted by molar-refractivity contribution is 7.99. The highest BCUT2D eigenvalue weighted by Crippen LogP contribution is 2.28. The van der Waals surface area contributed by atoms with Gasteiger partial charge in [-0.05, 0) is 6.92 Å². The Morgan fingerprint density at radius 3 is 3.24 bits per heavy atom. The first kappa shape index (κ1) is 12.9. The maximum Gasteiger partial charge on any atom is 0.304 e. The van der Waals surface area contributed by atoms with Crippen molar-refractivity contribution < 1.29 is 9.90 Å². The van der Waals surface area contributed by atoms with Gasteiger partial charge in [-0.3, -0.25) is 9.69 Å². The molecule has 94 valence electrons. The van der Waals surface area contributed by atoms with E-state index in [0.717, 1.165) is 23.7 Å². The van der Waals surface area contributed by atoms with Crippen LogP contribution in [0.4, 0.5) is 0 Å². The van der Waals surface area contributed by atoms with E-state index in [-0.39, 0.29) is 18.5 Å². The Morgan fingerprint density at radius 1 is 1.76 bits per heavy atom. The third kappa shape index (κ3) is 3.20. The first-order valence-corrected chi connectivity index (χ1v) is 7.71. The number of carbonyl (C=O) groups is 1. The van der Waals surface area contributed by atoms with Crippen molar-refractivity contribution in [3.8, 4) is 0 Å². The topological polar surface area (TPSA) is 53.4 Å². The minimum Gasteiger partial charge on any atom is -0.481 e. The van der Waals surface area contributed by atoms with Gasteiger partial charge in [0.1, 0.15) is 0 Å². The molecule has 2 rings (SSSR count). The molecule has 2 atom stereocenters. The summed E-state index contributed by atoms with van der Waals surface area (Å²) >= 11 is 3.43. The number of aromatic nitrogens is 1. The van der Waals surface area contributed by atoms with Crippen molar-refractivity contribution in [1.29, 1.82) is 0 Å². The maximum atomic E-state index is 10.9. The molecule has 1 aliphatic rings. The quantitative estimate of drug-likeness (QED) is 0.909. The molecule has 17 heavy (non-hydrogen) atoms. The van der Waals surface area contributed by atoms with Crippen LogP contribution < -0.4 is 0 Å². The van der Waals surface area contributed by atoms with E-state index in [2.05, 4.69) is 16.8 Å². The molecule has 0 aliphatic carbocycles. The number of aliphatic carboxylic acids is 1. The Hall–Kier alpha value is -0.590. The van der Waals surface area contributed by atoms with Gasteiger partial charge in [-0.25, -0.2) is 4.98 Å². The molecule has 1 aromatic heterocycles. The number of hydrogen-bond acceptors (Lipinski definition) is 5. The maximum absolute atomic E-state index is 10.9. The van der Waals surface area contributed by atoms with Gasteiger partial charge in [0, 0.05) is 29.5 Å². The minimum absolute atomic E-state index is 0.128. The largest absolute Gasteiger partial charge is 0.481 e. The molecule has 1 aliphatic heterocycles. The molecule has 6 heteroatoms. The number of hydrogen-bond donors (Lipinski definition) is 1. The lowest BCUT2D eigenvalue weighted by Crippen LogP contribution is -2.44. The average molecular weight is 272 g/mol. The number of nitrogens with zero attached hydrogens (tertiary/aromatic N) is 2. The molecule has 0 spiro atoms. The molecule has 2 unspecified atom stereocenters. The van der Waals surface area contributed by atoms with Crippen LogP contribution in [0, 0.1) is 0 Å². The van der Waals surface area contributed by atoms with Crippen LogP contribution in [0.5, 0.6) is 0 Å². The molecule has 0 saturated carbocycles. The van der Waals surface area contributed by atoms with Crippen LogP contribution in [0.1, 0.15) is 25.1 Å². The van der Waals surface area contributed by atoms with Crippen LogP contribution in [0.2, 0.25) is 0 Å². The third-order valence-electron chi connectivity index (χ3n) is 3.06. The van der Waals surface area contributed by atoms with Gasteiger partial charge >= 0.3 is 5.97 Å². The predicted molar refractivity (Wildman–Crippen MR) is 70.6 cm³/mol. The molecule has 0 radical (unpaired) electrons. The lowest BCUT2D eigenvalue weighted by molar-refractivity contribution is -0.138. The first-order chi connectivity index (χ1) is 8.18. The van der Waals surface area contributed by atoms with E-state index in [0.29, 0.717) is 0 Å². The van der Waals surface area contributed by atoms with Gasteiger partial charge in [-0.1, -0.05) is 0 Å². The SMILES string of the molecule is CC(c1cscn1)N1CCSCC1CC(=O)O. The summed E-state index contributed by atoms with van der Waals surface area (Å²) in [4.78, 5) is 17.5. The fourth-order valence-corrected chi connectivity index (χ4v) is 3.88. The van der Waals surface area contributed by atoms with Gasteiger partial charge in [0.25, 0.3) is 0 Å². The molecule has 0 amide bonds. The average Bonchev–Trinajstić information content (AvgIpc) is 2.81. The second kappa shape index (κ2) is 5.84. The summed E-state index contributed by atoms with van der Waals surface area (Å²) in [5.41, 5.74) is 2.88. The first-order valence-electron chi connectivity index (χ1n) is 5.62. The van der Waals surface area contributed by atoms with Gasteiger partial charge in [0.05, 0.1) is 23.7 Å². The zero-order valence-electron chi connectivity index (χ0n) is 9.70. The van der Waals surface area contributed by atoms with Crippen LogP contribution in [0.3, 0.4) is 0 Å². The van der Waals surface area contributed by atoms with Crippen molar-refractivity contribution in [3.05, 3.63) is 16.6 Å². The van der Waals surface area contributed by atoms with E-state index in [1.807, 2.05) is 22.7 Å². The van der Waals surface area contributed by atoms with Gasteiger partial charge in [-0.15, -0.1) is 11.3 Å². The van der Waals surface area contributed by atoms with Gasteiger partial charge in [0.15, 0.2) is 0 Å². The molecular formula is C11H16N2O2S2. The zero-order chi connectivity index (χ0) is 12.3. The monoisotopic (exact) mass is 272 g/mol. The second-order valence-electron chi connectivity index (χ2n) is 4.15. The Morgan fingerprint density at radius 2 is 2.59 bits per heavy atom. The van der Waals surface area contributed by atoms with Crippen molar-refractivity contribution >= 4 is 29.1 Å². The van der Waals surface area contributed by atoms with E-state index < -0.39 is 5.97 Å². The van der Waals surface area contributed by atoms with Crippen molar-refractivity contribution in [3.63, 3.8) is 0 Å². The van der Waals surface area contributed by atoms with Crippen LogP contribution >= 0.6 is 23.1 Å². The van der Waals surface area contributed by atoms with Crippen LogP contribution in [-0.4, -0.2) is 45.1 Å². The molecule has 0 aromatic carbocycles. The molecule has 1 N–H and O–H groups in total. The van der Waals surface area contributed by atoms with Crippen molar-refractivity contribution in [2.24, 2.45) is 0 Å². The zero-order valence-corrected chi connectivity index (χ0v) is 11.3. The fourth-order valence-electron chi connectivity index (χ4n) is 2.15. The highest BCUT2D eigenvalue weighted by atomic mass is 32.2. The summed E-state index contributed by atoms with van der Waals surface area (Å²) in [5, 5.41) is 11.0. The van der Waals surface area contributed by atoms with E-state index in [4.69, 9.17) is 5.11 Å². The summed E-state index contributed by atoms with van der Waals surface area (Å²) in [5.74, 6) is 1.26. The smallest absolute Gasteiger partial charge is 0.304 e. The lowest BCUT2D eigenvalue weighted by atomic mass is 10.1. The van der Waals surface area contributed by atoms with Gasteiger partial charge in [0.2, 0.25) is 0 Å². The Balaban J connectivity index is 2.07. The van der Waals surface area contributed by atoms with Crippen LogP contribution in [0.25, 0.3) is 0 Å². The van der Waals surface area contributed by atoms with Crippen LogP contribution in [-0.2, 0) is 4.79 Å². The lowest BCUT2D eigenvalue weighted by Gasteiger charge is -2.38. The normalized spacial score (nSPS) is 23.5. The Bertz CT molecular complexity index is 370. The summed E-state index contributed by atoms with van der Waals surface area (Å²) in [6, 6.07) is 0.342. The van der Waals surface area contributed by atoms with Crippen molar-refractivity contribution in [2.45, 2.75) is 25.4 Å². The Kier molecular flexibility index (Phi) is 4.42. The Labute approximate surface area is 109 Å². The van der Waals surface area contributed by atoms with E-state index in [9.17, 15) is 4.79 Å². The standard InChI is InChI=1S/C11H16N2O2S2/c1-8(10-6-17-7-12-10)13-2-3-16-5-9(13)4-11(14)15/h6-9H,2-5H2,1H3,(H,14,15). The van der Waals surface area contributed by atoms with E-state index in [1.54, 1.807) is 11.3 Å². The van der Waals surface area contributed by atoms with Crippen molar-refractivity contribution in [1.82, 2.24) is 9.88 Å². The number of carboxylic acid groups (broad SMARTS) is 1. The molecule has 1 saturated heterocycles. The molecule has 1 fully saturated rings. The molecule has 0 bridgehead atoms. The van der Waals surface area contributed by atoms with Crippen LogP contribution in [0.15, 0.2) is 10.9 Å². The highest BCUT2D eigenvalue weighted by Gasteiger charge is 2.29. The molecule has 4 nitrogen and oxygen atoms in total. The summed E-state index contributed by atoms with van der Waals surface area (Å²) in [6.45, 7) is 3.06. The summed E-state index contributed by atoms with van der Waals surface area (Å²) in [6.07, 6.45) is 0.224. The fraction of sp³-hybridized carbons (Fsp3) is 0.636. The number of thioether (sulfide) groups is 1. The number of carboxylic acids is 1. The second-order valence-corrected chi connectivity index (χ2v) is 6.02. The molecule has 1 aromatic rings. The third-order valence-corrected chi connectivity index (χ3v) is 4.76. The summed E-state index contributed by atoms with van der Waals surface area (Å²) < 4.78 is 0. The number of thiazole rings is 1. The minimum atomic E-state index is -0.715.